The van der Waals surface area contributed by atoms with E-state index in [-0.39, 0.29) is 23.2 Å². The molecule has 1 saturated heterocycles. The summed E-state index contributed by atoms with van der Waals surface area (Å²) in [5.74, 6) is 2.09. The van der Waals surface area contributed by atoms with Crippen molar-refractivity contribution in [1.29, 1.82) is 0 Å². The quantitative estimate of drug-likeness (QED) is 0.528. The molecule has 1 atom stereocenters. The van der Waals surface area contributed by atoms with Gasteiger partial charge in [-0.15, -0.1) is 0 Å². The number of methoxy groups -OCH3 is 1. The normalized spacial score (nSPS) is 23.7. The Labute approximate surface area is 194 Å². The number of hydrogen-bond donors (Lipinski definition) is 0. The Balaban J connectivity index is 1.42. The number of para-hydroxylation sites is 1. The zero-order valence-corrected chi connectivity index (χ0v) is 20.9. The molecule has 4 nitrogen and oxygen atoms in total. The van der Waals surface area contributed by atoms with E-state index in [1.54, 1.807) is 7.11 Å². The molecule has 1 aromatic carbocycles. The molecule has 0 amide bonds. The first kappa shape index (κ1) is 23.4. The lowest BCUT2D eigenvalue weighted by Gasteiger charge is -2.47. The third-order valence-electron chi connectivity index (χ3n) is 7.23. The van der Waals surface area contributed by atoms with E-state index in [2.05, 4.69) is 69.9 Å². The summed E-state index contributed by atoms with van der Waals surface area (Å²) in [6.07, 6.45) is 7.91. The van der Waals surface area contributed by atoms with Crippen LogP contribution in [-0.4, -0.2) is 43.3 Å². The third kappa shape index (κ3) is 5.07. The molecule has 176 valence electrons. The zero-order chi connectivity index (χ0) is 22.9. The lowest BCUT2D eigenvalue weighted by molar-refractivity contribution is -0.0894. The van der Waals surface area contributed by atoms with E-state index in [4.69, 9.17) is 14.2 Å². The Morgan fingerprint density at radius 2 is 1.84 bits per heavy atom. The van der Waals surface area contributed by atoms with Gasteiger partial charge in [0, 0.05) is 31.6 Å². The average molecular weight is 440 g/mol. The largest absolute Gasteiger partial charge is 0.497 e. The first-order valence-corrected chi connectivity index (χ1v) is 12.3. The summed E-state index contributed by atoms with van der Waals surface area (Å²) in [5, 5.41) is 0. The van der Waals surface area contributed by atoms with Crippen LogP contribution in [0.25, 0.3) is 0 Å². The summed E-state index contributed by atoms with van der Waals surface area (Å²) in [4.78, 5) is 2.59. The standard InChI is InChI=1S/C28H41NO3/c1-20(2)31-26-18-28(32-24-10-8-7-9-22(24)26)13-15-29(16-14-28)19-21-11-12-23(27(3,4)5)25(17-21)30-6/h7-10,17,20,26H,11-16,18-19H2,1-6H3. The van der Waals surface area contributed by atoms with Crippen LogP contribution in [0.15, 0.2) is 47.2 Å². The van der Waals surface area contributed by atoms with Crippen molar-refractivity contribution in [3.8, 4) is 5.75 Å². The minimum absolute atomic E-state index is 0.109. The highest BCUT2D eigenvalue weighted by Crippen LogP contribution is 2.46. The predicted octanol–water partition coefficient (Wildman–Crippen LogP) is 6.44. The second kappa shape index (κ2) is 9.23. The summed E-state index contributed by atoms with van der Waals surface area (Å²) >= 11 is 0. The van der Waals surface area contributed by atoms with Crippen LogP contribution in [0.2, 0.25) is 0 Å². The van der Waals surface area contributed by atoms with Crippen LogP contribution in [0.4, 0.5) is 0 Å². The van der Waals surface area contributed by atoms with Gasteiger partial charge < -0.3 is 14.2 Å². The maximum Gasteiger partial charge on any atom is 0.125 e. The van der Waals surface area contributed by atoms with E-state index in [1.165, 1.54) is 16.7 Å². The summed E-state index contributed by atoms with van der Waals surface area (Å²) in [7, 11) is 1.80. The molecule has 1 unspecified atom stereocenters. The summed E-state index contributed by atoms with van der Waals surface area (Å²) in [5.41, 5.74) is 4.18. The molecule has 3 aliphatic rings. The SMILES string of the molecule is COC1=C(C(C)(C)C)CCC(CN2CCC3(CC2)CC(OC(C)C)c2ccccc2O3)=C1. The maximum atomic E-state index is 6.65. The van der Waals surface area contributed by atoms with Gasteiger partial charge >= 0.3 is 0 Å². The van der Waals surface area contributed by atoms with Crippen molar-refractivity contribution in [2.45, 2.75) is 84.5 Å². The second-order valence-electron chi connectivity index (χ2n) is 11.1. The van der Waals surface area contributed by atoms with Gasteiger partial charge in [0.15, 0.2) is 0 Å². The van der Waals surface area contributed by atoms with E-state index in [0.717, 1.165) is 63.2 Å². The molecule has 1 fully saturated rings. The van der Waals surface area contributed by atoms with Gasteiger partial charge in [0.2, 0.25) is 0 Å². The van der Waals surface area contributed by atoms with Crippen molar-refractivity contribution in [2.75, 3.05) is 26.7 Å². The second-order valence-corrected chi connectivity index (χ2v) is 11.1. The molecule has 0 N–H and O–H groups in total. The van der Waals surface area contributed by atoms with Crippen molar-refractivity contribution in [1.82, 2.24) is 4.90 Å². The molecule has 1 aliphatic carbocycles. The van der Waals surface area contributed by atoms with Crippen LogP contribution in [-0.2, 0) is 9.47 Å². The molecule has 4 rings (SSSR count). The number of ether oxygens (including phenoxy) is 3. The number of hydrogen-bond acceptors (Lipinski definition) is 4. The van der Waals surface area contributed by atoms with Crippen LogP contribution < -0.4 is 4.74 Å². The smallest absolute Gasteiger partial charge is 0.125 e. The molecule has 2 heterocycles. The van der Waals surface area contributed by atoms with Gasteiger partial charge in [-0.1, -0.05) is 44.5 Å². The first-order chi connectivity index (χ1) is 15.2. The van der Waals surface area contributed by atoms with Gasteiger partial charge in [0.05, 0.1) is 19.3 Å². The number of nitrogens with zero attached hydrogens (tertiary/aromatic N) is 1. The monoisotopic (exact) mass is 439 g/mol. The maximum absolute atomic E-state index is 6.65. The van der Waals surface area contributed by atoms with Crippen LogP contribution in [0.1, 0.15) is 78.4 Å². The van der Waals surface area contributed by atoms with E-state index < -0.39 is 0 Å². The van der Waals surface area contributed by atoms with E-state index in [0.29, 0.717) is 0 Å². The molecular weight excluding hydrogens is 398 g/mol. The molecule has 4 heteroatoms. The predicted molar refractivity (Wildman–Crippen MR) is 130 cm³/mol. The van der Waals surface area contributed by atoms with Crippen LogP contribution in [0.3, 0.4) is 0 Å². The number of likely N-dealkylation sites (tertiary alicyclic amines) is 1. The highest BCUT2D eigenvalue weighted by molar-refractivity contribution is 5.38. The van der Waals surface area contributed by atoms with Gasteiger partial charge in [-0.05, 0) is 62.7 Å². The fourth-order valence-corrected chi connectivity index (χ4v) is 5.53. The van der Waals surface area contributed by atoms with Crippen LogP contribution in [0, 0.1) is 5.41 Å². The van der Waals surface area contributed by atoms with Crippen molar-refractivity contribution in [3.63, 3.8) is 0 Å². The topological polar surface area (TPSA) is 30.9 Å². The molecule has 0 bridgehead atoms. The van der Waals surface area contributed by atoms with Gasteiger partial charge in [-0.3, -0.25) is 4.90 Å². The van der Waals surface area contributed by atoms with Gasteiger partial charge in [0.1, 0.15) is 17.1 Å². The fourth-order valence-electron chi connectivity index (χ4n) is 5.53. The summed E-state index contributed by atoms with van der Waals surface area (Å²) in [6, 6.07) is 8.43. The molecule has 0 aromatic heterocycles. The minimum atomic E-state index is -0.109. The third-order valence-corrected chi connectivity index (χ3v) is 7.23. The Bertz CT molecular complexity index is 869. The molecule has 2 aliphatic heterocycles. The van der Waals surface area contributed by atoms with Gasteiger partial charge in [0.25, 0.3) is 0 Å². The molecule has 32 heavy (non-hydrogen) atoms. The number of piperidine rings is 1. The minimum Gasteiger partial charge on any atom is -0.497 e. The van der Waals surface area contributed by atoms with Crippen molar-refractivity contribution in [2.24, 2.45) is 5.41 Å². The van der Waals surface area contributed by atoms with Crippen molar-refractivity contribution in [3.05, 3.63) is 52.8 Å². The lowest BCUT2D eigenvalue weighted by atomic mass is 9.79. The number of fused-ring (bicyclic) bond motifs is 1. The lowest BCUT2D eigenvalue weighted by Crippen LogP contribution is -2.51. The average Bonchev–Trinajstić information content (AvgIpc) is 2.74. The highest BCUT2D eigenvalue weighted by atomic mass is 16.5. The Morgan fingerprint density at radius 3 is 2.50 bits per heavy atom. The molecule has 0 saturated carbocycles. The fraction of sp³-hybridized carbons (Fsp3) is 0.643. The highest BCUT2D eigenvalue weighted by Gasteiger charge is 2.44. The summed E-state index contributed by atoms with van der Waals surface area (Å²) in [6.45, 7) is 14.2. The number of benzene rings is 1. The number of rotatable bonds is 5. The van der Waals surface area contributed by atoms with E-state index in [9.17, 15) is 0 Å². The Hall–Kier alpha value is -1.78. The van der Waals surface area contributed by atoms with Crippen LogP contribution in [0.5, 0.6) is 5.75 Å². The van der Waals surface area contributed by atoms with Crippen molar-refractivity contribution < 1.29 is 14.2 Å². The van der Waals surface area contributed by atoms with E-state index >= 15 is 0 Å². The zero-order valence-electron chi connectivity index (χ0n) is 20.9. The van der Waals surface area contributed by atoms with Crippen LogP contribution >= 0.6 is 0 Å². The van der Waals surface area contributed by atoms with Gasteiger partial charge in [-0.2, -0.15) is 0 Å². The number of allylic oxidation sites excluding steroid dienone is 2. The Kier molecular flexibility index (Phi) is 6.74. The first-order valence-electron chi connectivity index (χ1n) is 12.3. The molecular formula is C28H41NO3. The van der Waals surface area contributed by atoms with E-state index in [1.807, 2.05) is 0 Å². The Morgan fingerprint density at radius 1 is 1.12 bits per heavy atom. The van der Waals surface area contributed by atoms with Crippen molar-refractivity contribution >= 4 is 0 Å². The molecule has 1 spiro atoms. The molecule has 1 aromatic rings. The van der Waals surface area contributed by atoms with Gasteiger partial charge in [-0.25, -0.2) is 0 Å². The molecule has 0 radical (unpaired) electrons. The summed E-state index contributed by atoms with van der Waals surface area (Å²) < 4.78 is 18.7.